The van der Waals surface area contributed by atoms with Gasteiger partial charge >= 0.3 is 0 Å². The first-order valence-electron chi connectivity index (χ1n) is 11.7. The van der Waals surface area contributed by atoms with Gasteiger partial charge in [-0.2, -0.15) is 0 Å². The second kappa shape index (κ2) is 9.28. The third kappa shape index (κ3) is 4.38. The van der Waals surface area contributed by atoms with Crippen LogP contribution in [-0.4, -0.2) is 16.5 Å². The highest BCUT2D eigenvalue weighted by atomic mass is 35.5. The Bertz CT molecular complexity index is 1460. The summed E-state index contributed by atoms with van der Waals surface area (Å²) >= 11 is 6.58. The van der Waals surface area contributed by atoms with Crippen molar-refractivity contribution in [3.05, 3.63) is 114 Å². The number of H-pyrrole nitrogens is 2. The summed E-state index contributed by atoms with van der Waals surface area (Å²) in [5, 5.41) is 4.30. The number of fused-ring (bicyclic) bond motifs is 1. The number of nitrogens with one attached hydrogen (secondary N) is 3. The Balaban J connectivity index is 1.26. The number of pyridine rings is 1. The maximum Gasteiger partial charge on any atom is 0.169 e. The van der Waals surface area contributed by atoms with Crippen molar-refractivity contribution in [2.45, 2.75) is 13.0 Å². The standard InChI is InChI=1S/C29H24ClN5/c30-26-10-9-22(17-25(26)29-32-18-28(34-29)20-5-2-1-3-6-20)33-27-8-4-7-21-19-35(16-13-24(21)27)23-11-14-31-15-12-23/h1-12,14-15,17-18,33H,13,16,19H2,(H,32,34)/p+1. The zero-order valence-corrected chi connectivity index (χ0v) is 19.9. The van der Waals surface area contributed by atoms with E-state index >= 15 is 0 Å². The molecule has 3 N–H and O–H groups in total. The summed E-state index contributed by atoms with van der Waals surface area (Å²) in [4.78, 5) is 13.5. The molecule has 35 heavy (non-hydrogen) atoms. The van der Waals surface area contributed by atoms with Crippen LogP contribution in [0, 0.1) is 0 Å². The lowest BCUT2D eigenvalue weighted by Gasteiger charge is -2.31. The average Bonchev–Trinajstić information content (AvgIpc) is 3.41. The molecule has 0 saturated carbocycles. The number of rotatable bonds is 5. The molecule has 0 aliphatic carbocycles. The largest absolute Gasteiger partial charge is 0.366 e. The summed E-state index contributed by atoms with van der Waals surface area (Å²) in [6, 6.07) is 26.9. The van der Waals surface area contributed by atoms with Crippen LogP contribution in [0.4, 0.5) is 17.1 Å². The van der Waals surface area contributed by atoms with Gasteiger partial charge in [0.2, 0.25) is 0 Å². The molecule has 0 fully saturated rings. The molecular formula is C29H25ClN5+. The molecule has 3 aromatic carbocycles. The maximum atomic E-state index is 6.58. The van der Waals surface area contributed by atoms with Crippen LogP contribution in [-0.2, 0) is 13.0 Å². The van der Waals surface area contributed by atoms with Crippen LogP contribution in [0.15, 0.2) is 97.5 Å². The minimum atomic E-state index is 0.662. The maximum absolute atomic E-state index is 6.58. The van der Waals surface area contributed by atoms with Crippen molar-refractivity contribution in [1.29, 1.82) is 0 Å². The fourth-order valence-electron chi connectivity index (χ4n) is 4.70. The molecule has 5 nitrogen and oxygen atoms in total. The van der Waals surface area contributed by atoms with E-state index in [1.807, 2.05) is 48.9 Å². The highest BCUT2D eigenvalue weighted by molar-refractivity contribution is 6.33. The lowest BCUT2D eigenvalue weighted by atomic mass is 9.97. The van der Waals surface area contributed by atoms with Crippen LogP contribution >= 0.6 is 11.6 Å². The van der Waals surface area contributed by atoms with E-state index in [0.29, 0.717) is 5.02 Å². The molecule has 6 heteroatoms. The first-order chi connectivity index (χ1) is 17.2. The Labute approximate surface area is 209 Å². The molecule has 0 bridgehead atoms. The van der Waals surface area contributed by atoms with E-state index in [0.717, 1.165) is 53.5 Å². The number of aromatic amines is 2. The molecule has 5 aromatic rings. The summed E-state index contributed by atoms with van der Waals surface area (Å²) < 4.78 is 0. The number of nitrogens with zero attached hydrogens (tertiary/aromatic N) is 2. The van der Waals surface area contributed by atoms with Gasteiger partial charge in [0, 0.05) is 47.8 Å². The molecule has 0 atom stereocenters. The van der Waals surface area contributed by atoms with Crippen molar-refractivity contribution in [3.63, 3.8) is 0 Å². The van der Waals surface area contributed by atoms with Gasteiger partial charge in [-0.05, 0) is 47.4 Å². The molecule has 1 aliphatic rings. The molecule has 172 valence electrons. The topological polar surface area (TPSA) is 58.1 Å². The van der Waals surface area contributed by atoms with Gasteiger partial charge < -0.3 is 15.2 Å². The number of hydrogen-bond donors (Lipinski definition) is 2. The smallest absolute Gasteiger partial charge is 0.169 e. The lowest BCUT2D eigenvalue weighted by Crippen LogP contribution is -2.31. The van der Waals surface area contributed by atoms with Gasteiger partial charge in [-0.15, -0.1) is 0 Å². The van der Waals surface area contributed by atoms with Gasteiger partial charge in [-0.25, -0.2) is 9.97 Å². The Morgan fingerprint density at radius 1 is 0.943 bits per heavy atom. The van der Waals surface area contributed by atoms with Crippen molar-refractivity contribution in [2.24, 2.45) is 0 Å². The van der Waals surface area contributed by atoms with Gasteiger partial charge in [0.1, 0.15) is 5.82 Å². The summed E-state index contributed by atoms with van der Waals surface area (Å²) in [7, 11) is 0. The molecule has 6 rings (SSSR count). The summed E-state index contributed by atoms with van der Waals surface area (Å²) in [5.74, 6) is 0.753. The monoisotopic (exact) mass is 478 g/mol. The Morgan fingerprint density at radius 2 is 1.80 bits per heavy atom. The minimum Gasteiger partial charge on any atom is -0.366 e. The van der Waals surface area contributed by atoms with Gasteiger partial charge in [-0.3, -0.25) is 0 Å². The van der Waals surface area contributed by atoms with E-state index in [-0.39, 0.29) is 0 Å². The Hall–Kier alpha value is -4.09. The number of imidazole rings is 1. The van der Waals surface area contributed by atoms with Crippen molar-refractivity contribution in [1.82, 2.24) is 9.97 Å². The molecule has 0 spiro atoms. The van der Waals surface area contributed by atoms with E-state index in [2.05, 4.69) is 73.7 Å². The summed E-state index contributed by atoms with van der Waals surface area (Å²) in [5.41, 5.74) is 9.01. The van der Waals surface area contributed by atoms with Crippen molar-refractivity contribution < 1.29 is 4.98 Å². The predicted molar refractivity (Wildman–Crippen MR) is 142 cm³/mol. The van der Waals surface area contributed by atoms with Crippen LogP contribution in [0.1, 0.15) is 11.1 Å². The van der Waals surface area contributed by atoms with Crippen molar-refractivity contribution in [2.75, 3.05) is 16.8 Å². The lowest BCUT2D eigenvalue weighted by molar-refractivity contribution is -0.377. The Morgan fingerprint density at radius 3 is 2.66 bits per heavy atom. The van der Waals surface area contributed by atoms with Crippen LogP contribution < -0.4 is 15.2 Å². The van der Waals surface area contributed by atoms with E-state index in [1.54, 1.807) is 0 Å². The zero-order valence-electron chi connectivity index (χ0n) is 19.1. The van der Waals surface area contributed by atoms with Gasteiger partial charge in [-0.1, -0.05) is 54.1 Å². The molecule has 1 aliphatic heterocycles. The summed E-state index contributed by atoms with van der Waals surface area (Å²) in [6.45, 7) is 1.88. The first kappa shape index (κ1) is 21.4. The second-order valence-electron chi connectivity index (χ2n) is 8.70. The van der Waals surface area contributed by atoms with Gasteiger partial charge in [0.05, 0.1) is 16.9 Å². The van der Waals surface area contributed by atoms with E-state index in [9.17, 15) is 0 Å². The molecule has 0 amide bonds. The molecule has 0 saturated heterocycles. The molecule has 0 unspecified atom stereocenters. The highest BCUT2D eigenvalue weighted by Gasteiger charge is 2.20. The molecular weight excluding hydrogens is 454 g/mol. The SMILES string of the molecule is Clc1ccc(Nc2cccc3c2CCN(c2cc[nH+]cc2)C3)cc1-c1ncc(-c2ccccc2)[nH]1. The quantitative estimate of drug-likeness (QED) is 0.302. The minimum absolute atomic E-state index is 0.662. The van der Waals surface area contributed by atoms with E-state index < -0.39 is 0 Å². The van der Waals surface area contributed by atoms with Crippen molar-refractivity contribution in [3.8, 4) is 22.6 Å². The predicted octanol–water partition coefficient (Wildman–Crippen LogP) is 6.52. The average molecular weight is 479 g/mol. The fraction of sp³-hybridized carbons (Fsp3) is 0.103. The van der Waals surface area contributed by atoms with Gasteiger partial charge in [0.15, 0.2) is 12.4 Å². The number of aromatic nitrogens is 3. The van der Waals surface area contributed by atoms with E-state index in [1.165, 1.54) is 16.8 Å². The number of hydrogen-bond acceptors (Lipinski definition) is 3. The highest BCUT2D eigenvalue weighted by Crippen LogP contribution is 2.34. The third-order valence-corrected chi connectivity index (χ3v) is 6.82. The van der Waals surface area contributed by atoms with Crippen LogP contribution in [0.3, 0.4) is 0 Å². The third-order valence-electron chi connectivity index (χ3n) is 6.49. The first-order valence-corrected chi connectivity index (χ1v) is 12.1. The molecule has 2 aromatic heterocycles. The normalized spacial score (nSPS) is 12.9. The Kier molecular flexibility index (Phi) is 5.68. The van der Waals surface area contributed by atoms with Gasteiger partial charge in [0.25, 0.3) is 0 Å². The van der Waals surface area contributed by atoms with Crippen molar-refractivity contribution >= 4 is 28.7 Å². The van der Waals surface area contributed by atoms with Crippen LogP contribution in [0.5, 0.6) is 0 Å². The molecule has 0 radical (unpaired) electrons. The number of anilines is 3. The summed E-state index contributed by atoms with van der Waals surface area (Å²) in [6.07, 6.45) is 6.78. The number of halogens is 1. The van der Waals surface area contributed by atoms with Crippen LogP contribution in [0.25, 0.3) is 22.6 Å². The second-order valence-corrected chi connectivity index (χ2v) is 9.11. The van der Waals surface area contributed by atoms with Crippen LogP contribution in [0.2, 0.25) is 5.02 Å². The van der Waals surface area contributed by atoms with E-state index in [4.69, 9.17) is 11.6 Å². The fourth-order valence-corrected chi connectivity index (χ4v) is 4.91. The number of benzene rings is 3. The molecule has 3 heterocycles. The zero-order chi connectivity index (χ0) is 23.6.